The maximum absolute atomic E-state index is 10.6. The number of nitriles is 1. The lowest BCUT2D eigenvalue weighted by Crippen LogP contribution is -2.24. The number of nitrogens with zero attached hydrogens (tertiary/aromatic N) is 1. The van der Waals surface area contributed by atoms with Crippen molar-refractivity contribution in [3.63, 3.8) is 0 Å². The zero-order valence-electron chi connectivity index (χ0n) is 11.3. The Morgan fingerprint density at radius 1 is 1.26 bits per heavy atom. The summed E-state index contributed by atoms with van der Waals surface area (Å²) in [6.45, 7) is 0. The van der Waals surface area contributed by atoms with Crippen molar-refractivity contribution < 1.29 is 14.6 Å². The van der Waals surface area contributed by atoms with E-state index in [1.165, 1.54) is 0 Å². The van der Waals surface area contributed by atoms with Gasteiger partial charge in [0, 0.05) is 11.6 Å². The summed E-state index contributed by atoms with van der Waals surface area (Å²) in [6.07, 6.45) is 2.63. The van der Waals surface area contributed by atoms with Gasteiger partial charge in [-0.3, -0.25) is 0 Å². The van der Waals surface area contributed by atoms with Gasteiger partial charge in [0.1, 0.15) is 17.6 Å². The largest absolute Gasteiger partial charge is 0.497 e. The molecule has 0 bridgehead atoms. The monoisotopic (exact) mass is 261 g/mol. The SMILES string of the molecule is COc1ccc(C(O)C2(C#N)CCCC2)c(OC)c1. The summed E-state index contributed by atoms with van der Waals surface area (Å²) in [5.74, 6) is 1.23. The van der Waals surface area contributed by atoms with E-state index in [0.29, 0.717) is 17.1 Å². The molecule has 0 spiro atoms. The predicted molar refractivity (Wildman–Crippen MR) is 71.0 cm³/mol. The highest BCUT2D eigenvalue weighted by atomic mass is 16.5. The van der Waals surface area contributed by atoms with E-state index in [9.17, 15) is 10.4 Å². The van der Waals surface area contributed by atoms with Gasteiger partial charge in [0.2, 0.25) is 0 Å². The lowest BCUT2D eigenvalue weighted by molar-refractivity contribution is 0.0647. The lowest BCUT2D eigenvalue weighted by Gasteiger charge is -2.28. The fourth-order valence-electron chi connectivity index (χ4n) is 2.79. The van der Waals surface area contributed by atoms with Crippen LogP contribution in [0, 0.1) is 16.7 Å². The first-order valence-corrected chi connectivity index (χ1v) is 6.48. The second kappa shape index (κ2) is 5.50. The number of benzene rings is 1. The standard InChI is InChI=1S/C15H19NO3/c1-18-11-5-6-12(13(9-11)19-2)14(17)15(10-16)7-3-4-8-15/h5-6,9,14,17H,3-4,7-8H2,1-2H3. The Morgan fingerprint density at radius 3 is 2.47 bits per heavy atom. The first kappa shape index (κ1) is 13.7. The van der Waals surface area contributed by atoms with Crippen LogP contribution in [0.1, 0.15) is 37.4 Å². The molecule has 0 radical (unpaired) electrons. The van der Waals surface area contributed by atoms with Crippen LogP contribution in [0.4, 0.5) is 0 Å². The number of hydrogen-bond donors (Lipinski definition) is 1. The van der Waals surface area contributed by atoms with E-state index in [-0.39, 0.29) is 0 Å². The van der Waals surface area contributed by atoms with Crippen molar-refractivity contribution in [2.45, 2.75) is 31.8 Å². The third-order valence-electron chi connectivity index (χ3n) is 3.98. The molecule has 1 saturated carbocycles. The van der Waals surface area contributed by atoms with Gasteiger partial charge in [0.25, 0.3) is 0 Å². The van der Waals surface area contributed by atoms with Crippen molar-refractivity contribution in [3.05, 3.63) is 23.8 Å². The van der Waals surface area contributed by atoms with Gasteiger partial charge in [-0.25, -0.2) is 0 Å². The fourth-order valence-corrected chi connectivity index (χ4v) is 2.79. The normalized spacial score (nSPS) is 18.6. The van der Waals surface area contributed by atoms with Crippen LogP contribution in [0.3, 0.4) is 0 Å². The Labute approximate surface area is 113 Å². The van der Waals surface area contributed by atoms with Crippen molar-refractivity contribution in [2.75, 3.05) is 14.2 Å². The van der Waals surface area contributed by atoms with Crippen LogP contribution in [0.2, 0.25) is 0 Å². The second-order valence-electron chi connectivity index (χ2n) is 4.99. The maximum atomic E-state index is 10.6. The molecule has 4 nitrogen and oxygen atoms in total. The summed E-state index contributed by atoms with van der Waals surface area (Å²) in [7, 11) is 3.14. The summed E-state index contributed by atoms with van der Waals surface area (Å²) in [6, 6.07) is 7.61. The van der Waals surface area contributed by atoms with Crippen molar-refractivity contribution >= 4 is 0 Å². The highest BCUT2D eigenvalue weighted by Gasteiger charge is 2.42. The minimum Gasteiger partial charge on any atom is -0.497 e. The van der Waals surface area contributed by atoms with E-state index in [2.05, 4.69) is 6.07 Å². The Hall–Kier alpha value is -1.73. The first-order valence-electron chi connectivity index (χ1n) is 6.48. The van der Waals surface area contributed by atoms with Gasteiger partial charge in [-0.1, -0.05) is 12.8 Å². The Kier molecular flexibility index (Phi) is 3.96. The zero-order chi connectivity index (χ0) is 13.9. The van der Waals surface area contributed by atoms with Crippen LogP contribution in [0.25, 0.3) is 0 Å². The second-order valence-corrected chi connectivity index (χ2v) is 4.99. The van der Waals surface area contributed by atoms with Crippen molar-refractivity contribution in [2.24, 2.45) is 5.41 Å². The first-order chi connectivity index (χ1) is 9.16. The van der Waals surface area contributed by atoms with Gasteiger partial charge in [-0.15, -0.1) is 0 Å². The molecule has 0 heterocycles. The molecule has 1 aromatic rings. The van der Waals surface area contributed by atoms with E-state index in [1.54, 1.807) is 32.4 Å². The highest BCUT2D eigenvalue weighted by Crippen LogP contribution is 2.49. The number of aliphatic hydroxyl groups is 1. The molecule has 102 valence electrons. The van der Waals surface area contributed by atoms with E-state index in [4.69, 9.17) is 9.47 Å². The molecule has 1 N–H and O–H groups in total. The molecule has 1 unspecified atom stereocenters. The van der Waals surface area contributed by atoms with Gasteiger partial charge in [-0.05, 0) is 25.0 Å². The molecule has 0 aliphatic heterocycles. The lowest BCUT2D eigenvalue weighted by atomic mass is 9.78. The van der Waals surface area contributed by atoms with Gasteiger partial charge < -0.3 is 14.6 Å². The van der Waals surface area contributed by atoms with Gasteiger partial charge >= 0.3 is 0 Å². The Morgan fingerprint density at radius 2 is 1.95 bits per heavy atom. The maximum Gasteiger partial charge on any atom is 0.128 e. The van der Waals surface area contributed by atoms with Gasteiger partial charge in [0.15, 0.2) is 0 Å². The van der Waals surface area contributed by atoms with Crippen LogP contribution in [-0.2, 0) is 0 Å². The molecule has 0 amide bonds. The molecule has 0 saturated heterocycles. The summed E-state index contributed by atoms with van der Waals surface area (Å²) in [5.41, 5.74) is -0.0197. The summed E-state index contributed by atoms with van der Waals surface area (Å²) in [4.78, 5) is 0. The highest BCUT2D eigenvalue weighted by molar-refractivity contribution is 5.43. The fraction of sp³-hybridized carbons (Fsp3) is 0.533. The average molecular weight is 261 g/mol. The molecule has 19 heavy (non-hydrogen) atoms. The Balaban J connectivity index is 2.38. The number of hydrogen-bond acceptors (Lipinski definition) is 4. The predicted octanol–water partition coefficient (Wildman–Crippen LogP) is 2.82. The van der Waals surface area contributed by atoms with Crippen molar-refractivity contribution in [1.29, 1.82) is 5.26 Å². The number of methoxy groups -OCH3 is 2. The molecular formula is C15H19NO3. The van der Waals surface area contributed by atoms with Crippen molar-refractivity contribution in [1.82, 2.24) is 0 Å². The number of ether oxygens (including phenoxy) is 2. The average Bonchev–Trinajstić information content (AvgIpc) is 2.95. The molecule has 1 atom stereocenters. The van der Waals surface area contributed by atoms with Gasteiger partial charge in [-0.2, -0.15) is 5.26 Å². The molecule has 1 fully saturated rings. The molecule has 4 heteroatoms. The van der Waals surface area contributed by atoms with Crippen molar-refractivity contribution in [3.8, 4) is 17.6 Å². The molecular weight excluding hydrogens is 242 g/mol. The van der Waals surface area contributed by atoms with E-state index >= 15 is 0 Å². The topological polar surface area (TPSA) is 62.5 Å². The smallest absolute Gasteiger partial charge is 0.128 e. The summed E-state index contributed by atoms with van der Waals surface area (Å²) < 4.78 is 10.5. The molecule has 1 aliphatic rings. The van der Waals surface area contributed by atoms with E-state index in [1.807, 2.05) is 0 Å². The Bertz CT molecular complexity index is 487. The summed E-state index contributed by atoms with van der Waals surface area (Å²) in [5, 5.41) is 20.0. The van der Waals surface area contributed by atoms with Crippen LogP contribution in [-0.4, -0.2) is 19.3 Å². The summed E-state index contributed by atoms with van der Waals surface area (Å²) >= 11 is 0. The minimum absolute atomic E-state index is 0.563. The van der Waals surface area contributed by atoms with Crippen LogP contribution >= 0.6 is 0 Å². The van der Waals surface area contributed by atoms with Crippen LogP contribution in [0.5, 0.6) is 11.5 Å². The third kappa shape index (κ3) is 2.39. The van der Waals surface area contributed by atoms with E-state index in [0.717, 1.165) is 25.7 Å². The molecule has 1 aromatic carbocycles. The third-order valence-corrected chi connectivity index (χ3v) is 3.98. The van der Waals surface area contributed by atoms with Gasteiger partial charge in [0.05, 0.1) is 25.7 Å². The molecule has 1 aliphatic carbocycles. The van der Waals surface area contributed by atoms with Crippen LogP contribution in [0.15, 0.2) is 18.2 Å². The quantitative estimate of drug-likeness (QED) is 0.905. The number of rotatable bonds is 4. The van der Waals surface area contributed by atoms with E-state index < -0.39 is 11.5 Å². The zero-order valence-corrected chi connectivity index (χ0v) is 11.3. The van der Waals surface area contributed by atoms with Crippen LogP contribution < -0.4 is 9.47 Å². The number of aliphatic hydroxyl groups excluding tert-OH is 1. The minimum atomic E-state index is -0.819. The molecule has 0 aromatic heterocycles. The molecule has 2 rings (SSSR count).